The van der Waals surface area contributed by atoms with Crippen molar-refractivity contribution in [2.45, 2.75) is 20.3 Å². The van der Waals surface area contributed by atoms with Crippen molar-refractivity contribution in [3.8, 4) is 0 Å². The first kappa shape index (κ1) is 21.4. The molecule has 6 nitrogen and oxygen atoms in total. The summed E-state index contributed by atoms with van der Waals surface area (Å²) < 4.78 is 0. The maximum atomic E-state index is 12.1. The fourth-order valence-electron chi connectivity index (χ4n) is 2.32. The van der Waals surface area contributed by atoms with E-state index in [-0.39, 0.29) is 30.1 Å². The van der Waals surface area contributed by atoms with Gasteiger partial charge < -0.3 is 16.0 Å². The van der Waals surface area contributed by atoms with Crippen LogP contribution in [0.5, 0.6) is 0 Å². The molecule has 0 aromatic heterocycles. The summed E-state index contributed by atoms with van der Waals surface area (Å²) in [6.45, 7) is 4.27. The van der Waals surface area contributed by atoms with Crippen LogP contribution in [0, 0.1) is 5.92 Å². The highest BCUT2D eigenvalue weighted by molar-refractivity contribution is 6.30. The molecule has 7 heteroatoms. The van der Waals surface area contributed by atoms with Gasteiger partial charge in [0.15, 0.2) is 0 Å². The average Bonchev–Trinajstić information content (AvgIpc) is 2.67. The van der Waals surface area contributed by atoms with Crippen LogP contribution in [0.2, 0.25) is 5.02 Å². The molecule has 0 aliphatic rings. The van der Waals surface area contributed by atoms with Gasteiger partial charge in [0.05, 0.1) is 6.42 Å². The first-order valence-electron chi connectivity index (χ1n) is 9.05. The molecule has 0 unspecified atom stereocenters. The Balaban J connectivity index is 1.71. The van der Waals surface area contributed by atoms with Crippen LogP contribution in [0.3, 0.4) is 0 Å². The van der Waals surface area contributed by atoms with E-state index < -0.39 is 0 Å². The van der Waals surface area contributed by atoms with Crippen LogP contribution in [-0.4, -0.2) is 30.8 Å². The molecule has 0 heterocycles. The molecule has 3 amide bonds. The second kappa shape index (κ2) is 10.5. The second-order valence-electron chi connectivity index (χ2n) is 6.63. The highest BCUT2D eigenvalue weighted by Gasteiger charge is 2.09. The molecule has 0 aliphatic heterocycles. The summed E-state index contributed by atoms with van der Waals surface area (Å²) in [5.41, 5.74) is 2.00. The summed E-state index contributed by atoms with van der Waals surface area (Å²) in [6, 6.07) is 13.7. The maximum absolute atomic E-state index is 12.1. The number of rotatable bonds is 8. The monoisotopic (exact) mass is 401 g/mol. The Labute approximate surface area is 169 Å². The molecule has 2 aromatic carbocycles. The van der Waals surface area contributed by atoms with Crippen LogP contribution in [0.15, 0.2) is 48.5 Å². The number of anilines is 1. The lowest BCUT2D eigenvalue weighted by atomic mass is 10.1. The van der Waals surface area contributed by atoms with Crippen LogP contribution in [0.1, 0.15) is 29.8 Å². The van der Waals surface area contributed by atoms with E-state index in [9.17, 15) is 14.4 Å². The molecule has 0 saturated heterocycles. The van der Waals surface area contributed by atoms with E-state index in [2.05, 4.69) is 16.0 Å². The summed E-state index contributed by atoms with van der Waals surface area (Å²) in [7, 11) is 0. The van der Waals surface area contributed by atoms with Crippen molar-refractivity contribution in [3.05, 3.63) is 64.7 Å². The topological polar surface area (TPSA) is 87.3 Å². The molecule has 0 aliphatic carbocycles. The van der Waals surface area contributed by atoms with Gasteiger partial charge in [-0.05, 0) is 42.0 Å². The van der Waals surface area contributed by atoms with Crippen LogP contribution in [0.4, 0.5) is 5.69 Å². The summed E-state index contributed by atoms with van der Waals surface area (Å²) in [5.74, 6) is -0.556. The van der Waals surface area contributed by atoms with Gasteiger partial charge in [-0.25, -0.2) is 0 Å². The normalized spacial score (nSPS) is 10.4. The van der Waals surface area contributed by atoms with Crippen LogP contribution in [0.25, 0.3) is 0 Å². The minimum absolute atomic E-state index is 0.0773. The molecule has 0 radical (unpaired) electrons. The highest BCUT2D eigenvalue weighted by atomic mass is 35.5. The van der Waals surface area contributed by atoms with Crippen molar-refractivity contribution < 1.29 is 14.4 Å². The van der Waals surface area contributed by atoms with Gasteiger partial charge >= 0.3 is 0 Å². The van der Waals surface area contributed by atoms with Gasteiger partial charge in [0, 0.05) is 35.3 Å². The summed E-state index contributed by atoms with van der Waals surface area (Å²) in [6.07, 6.45) is 0.259. The van der Waals surface area contributed by atoms with Crippen LogP contribution >= 0.6 is 11.6 Å². The number of carbonyl (C=O) groups is 3. The minimum Gasteiger partial charge on any atom is -0.354 e. The predicted molar refractivity (Wildman–Crippen MR) is 110 cm³/mol. The first-order chi connectivity index (χ1) is 13.3. The van der Waals surface area contributed by atoms with Crippen molar-refractivity contribution >= 4 is 35.0 Å². The van der Waals surface area contributed by atoms with E-state index in [1.165, 1.54) is 0 Å². The van der Waals surface area contributed by atoms with E-state index in [0.29, 0.717) is 29.4 Å². The molecule has 0 saturated carbocycles. The van der Waals surface area contributed by atoms with E-state index >= 15 is 0 Å². The van der Waals surface area contributed by atoms with E-state index in [1.807, 2.05) is 13.8 Å². The lowest BCUT2D eigenvalue weighted by Gasteiger charge is -2.09. The molecule has 148 valence electrons. The van der Waals surface area contributed by atoms with Gasteiger partial charge in [-0.15, -0.1) is 0 Å². The van der Waals surface area contributed by atoms with Gasteiger partial charge in [0.2, 0.25) is 11.8 Å². The number of amides is 3. The summed E-state index contributed by atoms with van der Waals surface area (Å²) in [5, 5.41) is 8.90. The summed E-state index contributed by atoms with van der Waals surface area (Å²) in [4.78, 5) is 35.7. The standard InChI is InChI=1S/C21H24ClN3O3/c1-14(2)20(27)25-18-9-5-16(6-10-18)21(28)24-12-11-23-19(26)13-15-3-7-17(22)8-4-15/h3-10,14H,11-13H2,1-2H3,(H,23,26)(H,24,28)(H,25,27). The van der Waals surface area contributed by atoms with Crippen molar-refractivity contribution in [2.75, 3.05) is 18.4 Å². The molecule has 2 rings (SSSR count). The minimum atomic E-state index is -0.242. The Morgan fingerprint density at radius 2 is 1.50 bits per heavy atom. The Morgan fingerprint density at radius 3 is 2.11 bits per heavy atom. The lowest BCUT2D eigenvalue weighted by molar-refractivity contribution is -0.120. The second-order valence-corrected chi connectivity index (χ2v) is 7.07. The number of hydrogen-bond donors (Lipinski definition) is 3. The fourth-order valence-corrected chi connectivity index (χ4v) is 2.45. The Kier molecular flexibility index (Phi) is 8.02. The third kappa shape index (κ3) is 7.04. The number of hydrogen-bond acceptors (Lipinski definition) is 3. The Morgan fingerprint density at radius 1 is 0.893 bits per heavy atom. The van der Waals surface area contributed by atoms with Gasteiger partial charge in [0.1, 0.15) is 0 Å². The fraction of sp³-hybridized carbons (Fsp3) is 0.286. The zero-order valence-corrected chi connectivity index (χ0v) is 16.7. The van der Waals surface area contributed by atoms with Crippen LogP contribution < -0.4 is 16.0 Å². The Hall–Kier alpha value is -2.86. The maximum Gasteiger partial charge on any atom is 0.251 e. The van der Waals surface area contributed by atoms with E-state index in [4.69, 9.17) is 11.6 Å². The number of benzene rings is 2. The van der Waals surface area contributed by atoms with E-state index in [0.717, 1.165) is 5.56 Å². The van der Waals surface area contributed by atoms with Gasteiger partial charge in [-0.1, -0.05) is 37.6 Å². The molecule has 28 heavy (non-hydrogen) atoms. The molecule has 0 fully saturated rings. The van der Waals surface area contributed by atoms with E-state index in [1.54, 1.807) is 48.5 Å². The zero-order valence-electron chi connectivity index (χ0n) is 15.9. The van der Waals surface area contributed by atoms with Crippen LogP contribution in [-0.2, 0) is 16.0 Å². The average molecular weight is 402 g/mol. The van der Waals surface area contributed by atoms with Gasteiger partial charge in [-0.2, -0.15) is 0 Å². The number of nitrogens with one attached hydrogen (secondary N) is 3. The Bertz CT molecular complexity index is 818. The quantitative estimate of drug-likeness (QED) is 0.594. The highest BCUT2D eigenvalue weighted by Crippen LogP contribution is 2.11. The lowest BCUT2D eigenvalue weighted by Crippen LogP contribution is -2.35. The molecule has 0 atom stereocenters. The third-order valence-electron chi connectivity index (χ3n) is 3.95. The first-order valence-corrected chi connectivity index (χ1v) is 9.43. The molecule has 2 aromatic rings. The number of carbonyl (C=O) groups excluding carboxylic acids is 3. The predicted octanol–water partition coefficient (Wildman–Crippen LogP) is 3.02. The number of halogens is 1. The summed E-state index contributed by atoms with van der Waals surface area (Å²) >= 11 is 5.81. The molecular formula is C21H24ClN3O3. The SMILES string of the molecule is CC(C)C(=O)Nc1ccc(C(=O)NCCNC(=O)Cc2ccc(Cl)cc2)cc1. The van der Waals surface area contributed by atoms with Gasteiger partial charge in [-0.3, -0.25) is 14.4 Å². The molecule has 0 bridgehead atoms. The van der Waals surface area contributed by atoms with Crippen molar-refractivity contribution in [3.63, 3.8) is 0 Å². The largest absolute Gasteiger partial charge is 0.354 e. The molecule has 0 spiro atoms. The zero-order chi connectivity index (χ0) is 20.5. The van der Waals surface area contributed by atoms with Crippen molar-refractivity contribution in [1.29, 1.82) is 0 Å². The molecular weight excluding hydrogens is 378 g/mol. The molecule has 3 N–H and O–H groups in total. The van der Waals surface area contributed by atoms with Crippen molar-refractivity contribution in [2.24, 2.45) is 5.92 Å². The smallest absolute Gasteiger partial charge is 0.251 e. The third-order valence-corrected chi connectivity index (χ3v) is 4.20. The van der Waals surface area contributed by atoms with Gasteiger partial charge in [0.25, 0.3) is 5.91 Å². The van der Waals surface area contributed by atoms with Crippen molar-refractivity contribution in [1.82, 2.24) is 10.6 Å².